The predicted molar refractivity (Wildman–Crippen MR) is 108 cm³/mol. The summed E-state index contributed by atoms with van der Waals surface area (Å²) in [7, 11) is 3.37. The summed E-state index contributed by atoms with van der Waals surface area (Å²) in [5, 5.41) is 0. The lowest BCUT2D eigenvalue weighted by Crippen LogP contribution is -2.47. The van der Waals surface area contributed by atoms with Crippen LogP contribution in [0.2, 0.25) is 0 Å². The van der Waals surface area contributed by atoms with Crippen LogP contribution in [0.5, 0.6) is 11.5 Å². The molecule has 1 aliphatic rings. The van der Waals surface area contributed by atoms with Crippen molar-refractivity contribution in [1.82, 2.24) is 4.90 Å². The Bertz CT molecular complexity index is 798. The number of rotatable bonds is 6. The molecule has 5 nitrogen and oxygen atoms in total. The largest absolute Gasteiger partial charge is 0.497 e. The van der Waals surface area contributed by atoms with Gasteiger partial charge in [0.05, 0.1) is 14.2 Å². The van der Waals surface area contributed by atoms with Gasteiger partial charge in [-0.25, -0.2) is 0 Å². The highest BCUT2D eigenvalue weighted by Gasteiger charge is 2.24. The molecule has 144 valence electrons. The Morgan fingerprint density at radius 2 is 1.74 bits per heavy atom. The van der Waals surface area contributed by atoms with Gasteiger partial charge in [0.1, 0.15) is 17.8 Å². The fraction of sp³-hybridized carbons (Fsp3) is 0.409. The quantitative estimate of drug-likeness (QED) is 0.727. The van der Waals surface area contributed by atoms with E-state index in [9.17, 15) is 4.79 Å². The third-order valence-electron chi connectivity index (χ3n) is 5.50. The molecule has 0 aliphatic carbocycles. The molecule has 1 aliphatic heterocycles. The zero-order valence-electron chi connectivity index (χ0n) is 16.6. The highest BCUT2D eigenvalue weighted by atomic mass is 16.5. The van der Waals surface area contributed by atoms with Gasteiger partial charge in [0.2, 0.25) is 0 Å². The number of hydrogen-bond donors (Lipinski definition) is 0. The van der Waals surface area contributed by atoms with Gasteiger partial charge in [-0.3, -0.25) is 9.69 Å². The summed E-state index contributed by atoms with van der Waals surface area (Å²) in [4.78, 5) is 15.9. The van der Waals surface area contributed by atoms with Gasteiger partial charge in [0.15, 0.2) is 0 Å². The Morgan fingerprint density at radius 1 is 1.00 bits per heavy atom. The lowest BCUT2D eigenvalue weighted by Gasteiger charge is -2.39. The molecule has 0 N–H and O–H groups in total. The summed E-state index contributed by atoms with van der Waals surface area (Å²) in [5.74, 6) is 1.67. The molecule has 27 heavy (non-hydrogen) atoms. The van der Waals surface area contributed by atoms with Crippen molar-refractivity contribution in [1.29, 1.82) is 0 Å². The number of anilines is 1. The fourth-order valence-corrected chi connectivity index (χ4v) is 3.72. The zero-order valence-corrected chi connectivity index (χ0v) is 16.6. The van der Waals surface area contributed by atoms with Crippen molar-refractivity contribution in [3.63, 3.8) is 0 Å². The summed E-state index contributed by atoms with van der Waals surface area (Å²) in [6.45, 7) is 8.09. The average molecular weight is 368 g/mol. The van der Waals surface area contributed by atoms with Crippen molar-refractivity contribution in [3.05, 3.63) is 53.1 Å². The number of benzene rings is 2. The van der Waals surface area contributed by atoms with E-state index in [-0.39, 0.29) is 6.04 Å². The minimum atomic E-state index is 0.271. The number of aldehydes is 1. The van der Waals surface area contributed by atoms with E-state index in [0.717, 1.165) is 55.1 Å². The van der Waals surface area contributed by atoms with Crippen LogP contribution in [0.25, 0.3) is 0 Å². The summed E-state index contributed by atoms with van der Waals surface area (Å²) in [6.07, 6.45) is 0.918. The molecule has 0 radical (unpaired) electrons. The van der Waals surface area contributed by atoms with Gasteiger partial charge in [0.25, 0.3) is 0 Å². The van der Waals surface area contributed by atoms with Crippen molar-refractivity contribution >= 4 is 12.0 Å². The van der Waals surface area contributed by atoms with Crippen molar-refractivity contribution in [3.8, 4) is 11.5 Å². The zero-order chi connectivity index (χ0) is 19.4. The van der Waals surface area contributed by atoms with Crippen LogP contribution in [0.15, 0.2) is 36.4 Å². The third-order valence-corrected chi connectivity index (χ3v) is 5.50. The molecule has 3 rings (SSSR count). The average Bonchev–Trinajstić information content (AvgIpc) is 2.72. The van der Waals surface area contributed by atoms with Gasteiger partial charge >= 0.3 is 0 Å². The molecular weight excluding hydrogens is 340 g/mol. The van der Waals surface area contributed by atoms with Crippen molar-refractivity contribution < 1.29 is 14.3 Å². The SMILES string of the molecule is COc1ccc([C@@H](C)N2CCN(c3ccc(C=O)c(C)c3)CC2)c(OC)c1. The standard InChI is InChI=1S/C22H28N2O3/c1-16-13-19(6-5-18(16)15-25)24-11-9-23(10-12-24)17(2)21-8-7-20(26-3)14-22(21)27-4/h5-8,13-15,17H,9-12H2,1-4H3/t17-/m1/s1. The third kappa shape index (κ3) is 4.08. The smallest absolute Gasteiger partial charge is 0.150 e. The molecule has 0 amide bonds. The lowest BCUT2D eigenvalue weighted by molar-refractivity contribution is 0.112. The molecule has 0 aromatic heterocycles. The van der Waals surface area contributed by atoms with Crippen LogP contribution in [-0.4, -0.2) is 51.6 Å². The first kappa shape index (κ1) is 19.2. The van der Waals surface area contributed by atoms with E-state index < -0.39 is 0 Å². The maximum Gasteiger partial charge on any atom is 0.150 e. The van der Waals surface area contributed by atoms with Crippen LogP contribution < -0.4 is 14.4 Å². The molecule has 0 saturated carbocycles. The van der Waals surface area contributed by atoms with Gasteiger partial charge in [-0.1, -0.05) is 6.07 Å². The van der Waals surface area contributed by atoms with E-state index >= 15 is 0 Å². The summed E-state index contributed by atoms with van der Waals surface area (Å²) >= 11 is 0. The van der Waals surface area contributed by atoms with Gasteiger partial charge in [-0.05, 0) is 43.7 Å². The molecule has 1 atom stereocenters. The van der Waals surface area contributed by atoms with Crippen LogP contribution in [0.1, 0.15) is 34.5 Å². The number of hydrogen-bond acceptors (Lipinski definition) is 5. The van der Waals surface area contributed by atoms with E-state index in [2.05, 4.69) is 28.9 Å². The number of piperazine rings is 1. The highest BCUT2D eigenvalue weighted by molar-refractivity contribution is 5.78. The van der Waals surface area contributed by atoms with E-state index in [1.807, 2.05) is 31.2 Å². The molecule has 1 heterocycles. The van der Waals surface area contributed by atoms with Crippen LogP contribution in [-0.2, 0) is 0 Å². The highest BCUT2D eigenvalue weighted by Crippen LogP contribution is 2.33. The molecule has 5 heteroatoms. The second-order valence-electron chi connectivity index (χ2n) is 6.97. The lowest BCUT2D eigenvalue weighted by atomic mass is 10.0. The minimum absolute atomic E-state index is 0.271. The maximum absolute atomic E-state index is 11.0. The molecule has 1 saturated heterocycles. The monoisotopic (exact) mass is 368 g/mol. The topological polar surface area (TPSA) is 42.0 Å². The van der Waals surface area contributed by atoms with E-state index in [1.165, 1.54) is 11.3 Å². The van der Waals surface area contributed by atoms with E-state index in [0.29, 0.717) is 0 Å². The number of aryl methyl sites for hydroxylation is 1. The van der Waals surface area contributed by atoms with Crippen molar-refractivity contribution in [2.45, 2.75) is 19.9 Å². The molecule has 2 aromatic rings. The Labute approximate surface area is 161 Å². The number of methoxy groups -OCH3 is 2. The maximum atomic E-state index is 11.0. The first-order valence-electron chi connectivity index (χ1n) is 9.34. The van der Waals surface area contributed by atoms with Gasteiger partial charge in [-0.15, -0.1) is 0 Å². The second-order valence-corrected chi connectivity index (χ2v) is 6.97. The Balaban J connectivity index is 1.68. The van der Waals surface area contributed by atoms with Crippen LogP contribution in [0.3, 0.4) is 0 Å². The van der Waals surface area contributed by atoms with E-state index in [4.69, 9.17) is 9.47 Å². The Hall–Kier alpha value is -2.53. The summed E-state index contributed by atoms with van der Waals surface area (Å²) in [6, 6.07) is 12.4. The van der Waals surface area contributed by atoms with Crippen LogP contribution in [0, 0.1) is 6.92 Å². The number of carbonyl (C=O) groups excluding carboxylic acids is 1. The Kier molecular flexibility index (Phi) is 6.01. The molecule has 2 aromatic carbocycles. The first-order chi connectivity index (χ1) is 13.1. The van der Waals surface area contributed by atoms with Crippen LogP contribution in [0.4, 0.5) is 5.69 Å². The van der Waals surface area contributed by atoms with Gasteiger partial charge in [0, 0.05) is 55.1 Å². The molecule has 1 fully saturated rings. The number of nitrogens with zero attached hydrogens (tertiary/aromatic N) is 2. The predicted octanol–water partition coefficient (Wildman–Crippen LogP) is 3.71. The van der Waals surface area contributed by atoms with Crippen molar-refractivity contribution in [2.24, 2.45) is 0 Å². The molecule has 0 unspecified atom stereocenters. The number of carbonyl (C=O) groups is 1. The minimum Gasteiger partial charge on any atom is -0.497 e. The fourth-order valence-electron chi connectivity index (χ4n) is 3.72. The molecule has 0 spiro atoms. The van der Waals surface area contributed by atoms with Crippen molar-refractivity contribution in [2.75, 3.05) is 45.3 Å². The Morgan fingerprint density at radius 3 is 2.33 bits per heavy atom. The van der Waals surface area contributed by atoms with E-state index in [1.54, 1.807) is 14.2 Å². The second kappa shape index (κ2) is 8.44. The summed E-state index contributed by atoms with van der Waals surface area (Å²) < 4.78 is 10.9. The molecule has 0 bridgehead atoms. The first-order valence-corrected chi connectivity index (χ1v) is 9.34. The molecular formula is C22H28N2O3. The van der Waals surface area contributed by atoms with Gasteiger partial charge < -0.3 is 14.4 Å². The van der Waals surface area contributed by atoms with Gasteiger partial charge in [-0.2, -0.15) is 0 Å². The normalized spacial score (nSPS) is 16.1. The summed E-state index contributed by atoms with van der Waals surface area (Å²) in [5.41, 5.74) is 4.16. The van der Waals surface area contributed by atoms with Crippen LogP contribution >= 0.6 is 0 Å². The number of ether oxygens (including phenoxy) is 2.